The van der Waals surface area contributed by atoms with E-state index in [-0.39, 0.29) is 35.7 Å². The van der Waals surface area contributed by atoms with Gasteiger partial charge in [-0.2, -0.15) is 0 Å². The number of aryl methyl sites for hydroxylation is 2. The average Bonchev–Trinajstić information content (AvgIpc) is 3.47. The molecule has 2 aliphatic rings. The summed E-state index contributed by atoms with van der Waals surface area (Å²) in [5.74, 6) is 0.351. The predicted octanol–water partition coefficient (Wildman–Crippen LogP) is 3.21. The first-order valence-electron chi connectivity index (χ1n) is 11.5. The van der Waals surface area contributed by atoms with Crippen LogP contribution < -0.4 is 10.9 Å². The van der Waals surface area contributed by atoms with Crippen molar-refractivity contribution in [2.24, 2.45) is 5.92 Å². The molecule has 4 rings (SSSR count). The van der Waals surface area contributed by atoms with Crippen molar-refractivity contribution in [1.82, 2.24) is 19.8 Å². The molecule has 0 unspecified atom stereocenters. The second kappa shape index (κ2) is 9.95. The van der Waals surface area contributed by atoms with Gasteiger partial charge in [-0.15, -0.1) is 11.3 Å². The average molecular weight is 477 g/mol. The number of fused-ring (bicyclic) bond motifs is 3. The number of carbonyl (C=O) groups excluding carboxylic acids is 2. The van der Waals surface area contributed by atoms with Crippen molar-refractivity contribution in [3.8, 4) is 0 Å². The molecule has 7 nitrogen and oxygen atoms in total. The summed E-state index contributed by atoms with van der Waals surface area (Å²) in [4.78, 5) is 46.6. The number of likely N-dealkylation sites (N-methyl/N-ethyl adjacent to an activating group) is 1. The molecule has 2 aliphatic carbocycles. The molecule has 0 saturated heterocycles. The monoisotopic (exact) mass is 476 g/mol. The highest BCUT2D eigenvalue weighted by Crippen LogP contribution is 2.34. The smallest absolute Gasteiger partial charge is 0.263 e. The van der Waals surface area contributed by atoms with E-state index in [1.165, 1.54) is 27.1 Å². The van der Waals surface area contributed by atoms with Crippen molar-refractivity contribution in [2.45, 2.75) is 76.5 Å². The summed E-state index contributed by atoms with van der Waals surface area (Å²) >= 11 is 2.93. The van der Waals surface area contributed by atoms with Gasteiger partial charge < -0.3 is 10.2 Å². The third-order valence-corrected chi connectivity index (χ3v) is 8.19. The predicted molar refractivity (Wildman–Crippen MR) is 130 cm³/mol. The third kappa shape index (κ3) is 5.36. The Morgan fingerprint density at radius 3 is 2.75 bits per heavy atom. The van der Waals surface area contributed by atoms with Gasteiger partial charge in [0.2, 0.25) is 11.8 Å². The molecule has 9 heteroatoms. The quantitative estimate of drug-likeness (QED) is 0.444. The lowest BCUT2D eigenvalue weighted by Crippen LogP contribution is -2.39. The highest BCUT2D eigenvalue weighted by atomic mass is 32.2. The molecule has 2 aromatic rings. The fourth-order valence-electron chi connectivity index (χ4n) is 3.96. The van der Waals surface area contributed by atoms with Gasteiger partial charge in [0.1, 0.15) is 4.83 Å². The van der Waals surface area contributed by atoms with Crippen molar-refractivity contribution in [3.63, 3.8) is 0 Å². The highest BCUT2D eigenvalue weighted by Gasteiger charge is 2.25. The Morgan fingerprint density at radius 2 is 2.03 bits per heavy atom. The lowest BCUT2D eigenvalue weighted by molar-refractivity contribution is -0.132. The van der Waals surface area contributed by atoms with Gasteiger partial charge in [0, 0.05) is 24.5 Å². The number of hydrogen-bond acceptors (Lipinski definition) is 6. The number of amides is 2. The highest BCUT2D eigenvalue weighted by molar-refractivity contribution is 7.99. The molecule has 1 fully saturated rings. The Bertz CT molecular complexity index is 1070. The molecule has 2 aromatic heterocycles. The van der Waals surface area contributed by atoms with Crippen molar-refractivity contribution in [1.29, 1.82) is 0 Å². The van der Waals surface area contributed by atoms with Crippen molar-refractivity contribution in [3.05, 3.63) is 20.8 Å². The van der Waals surface area contributed by atoms with E-state index in [1.54, 1.807) is 23.0 Å². The summed E-state index contributed by atoms with van der Waals surface area (Å²) in [5, 5.41) is 4.30. The molecular weight excluding hydrogens is 444 g/mol. The molecule has 0 bridgehead atoms. The second-order valence-electron chi connectivity index (χ2n) is 9.31. The molecule has 1 saturated carbocycles. The van der Waals surface area contributed by atoms with Crippen molar-refractivity contribution < 1.29 is 9.59 Å². The zero-order valence-electron chi connectivity index (χ0n) is 19.1. The Balaban J connectivity index is 1.53. The summed E-state index contributed by atoms with van der Waals surface area (Å²) in [5.41, 5.74) is 1.23. The molecule has 174 valence electrons. The standard InChI is InChI=1S/C23H32N4O3S2/c1-14(2)10-11-27-22(30)20-16-6-4-5-7-17(16)32-21(20)25-23(27)31-13-19(29)26(3)12-18(28)24-15-8-9-15/h14-15H,4-13H2,1-3H3,(H,24,28). The van der Waals surface area contributed by atoms with E-state index in [2.05, 4.69) is 19.2 Å². The van der Waals surface area contributed by atoms with Gasteiger partial charge in [-0.25, -0.2) is 4.98 Å². The normalized spacial score (nSPS) is 15.8. The summed E-state index contributed by atoms with van der Waals surface area (Å²) in [7, 11) is 1.64. The molecule has 32 heavy (non-hydrogen) atoms. The Labute approximate surface area is 197 Å². The van der Waals surface area contributed by atoms with E-state index in [0.29, 0.717) is 17.6 Å². The van der Waals surface area contributed by atoms with Crippen LogP contribution >= 0.6 is 23.1 Å². The van der Waals surface area contributed by atoms with Crippen LogP contribution in [0, 0.1) is 5.92 Å². The molecule has 0 aliphatic heterocycles. The van der Waals surface area contributed by atoms with Crippen LogP contribution in [0.25, 0.3) is 10.2 Å². The first-order valence-corrected chi connectivity index (χ1v) is 13.3. The van der Waals surface area contributed by atoms with Gasteiger partial charge in [0.05, 0.1) is 17.7 Å². The van der Waals surface area contributed by atoms with Crippen LogP contribution in [0.15, 0.2) is 9.95 Å². The van der Waals surface area contributed by atoms with Gasteiger partial charge in [0.25, 0.3) is 5.56 Å². The molecular formula is C23H32N4O3S2. The molecule has 2 heterocycles. The maximum Gasteiger partial charge on any atom is 0.263 e. The van der Waals surface area contributed by atoms with Crippen molar-refractivity contribution in [2.75, 3.05) is 19.3 Å². The van der Waals surface area contributed by atoms with Crippen molar-refractivity contribution >= 4 is 45.1 Å². The summed E-state index contributed by atoms with van der Waals surface area (Å²) in [6.45, 7) is 4.93. The maximum absolute atomic E-state index is 13.5. The first-order chi connectivity index (χ1) is 15.3. The second-order valence-corrected chi connectivity index (χ2v) is 11.3. The van der Waals surface area contributed by atoms with Crippen LogP contribution in [0.5, 0.6) is 0 Å². The van der Waals surface area contributed by atoms with Gasteiger partial charge in [0.15, 0.2) is 5.16 Å². The van der Waals surface area contributed by atoms with Gasteiger partial charge in [-0.3, -0.25) is 19.0 Å². The zero-order chi connectivity index (χ0) is 22.8. The minimum atomic E-state index is -0.142. The van der Waals surface area contributed by atoms with E-state index >= 15 is 0 Å². The minimum absolute atomic E-state index is 0.0298. The molecule has 1 N–H and O–H groups in total. The first kappa shape index (κ1) is 23.3. The number of carbonyl (C=O) groups is 2. The Hall–Kier alpha value is -1.87. The van der Waals surface area contributed by atoms with E-state index in [9.17, 15) is 14.4 Å². The summed E-state index contributed by atoms with van der Waals surface area (Å²) < 4.78 is 1.77. The van der Waals surface area contributed by atoms with Gasteiger partial charge >= 0.3 is 0 Å². The van der Waals surface area contributed by atoms with Crippen LogP contribution in [0.4, 0.5) is 0 Å². The maximum atomic E-state index is 13.5. The zero-order valence-corrected chi connectivity index (χ0v) is 20.7. The molecule has 0 radical (unpaired) electrons. The number of aromatic nitrogens is 2. The fraction of sp³-hybridized carbons (Fsp3) is 0.652. The number of nitrogens with zero attached hydrogens (tertiary/aromatic N) is 3. The van der Waals surface area contributed by atoms with Gasteiger partial charge in [-0.05, 0) is 56.4 Å². The van der Waals surface area contributed by atoms with E-state index in [0.717, 1.165) is 55.2 Å². The molecule has 0 spiro atoms. The molecule has 0 aromatic carbocycles. The van der Waals surface area contributed by atoms with Crippen LogP contribution in [-0.2, 0) is 29.0 Å². The topological polar surface area (TPSA) is 84.3 Å². The number of thiophene rings is 1. The Kier molecular flexibility index (Phi) is 7.24. The van der Waals surface area contributed by atoms with Crippen LogP contribution in [-0.4, -0.2) is 51.7 Å². The van der Waals surface area contributed by atoms with E-state index in [1.807, 2.05) is 0 Å². The SMILES string of the molecule is CC(C)CCn1c(SCC(=O)N(C)CC(=O)NC2CC2)nc2sc3c(c2c1=O)CCCC3. The fourth-order valence-corrected chi connectivity index (χ4v) is 6.22. The number of rotatable bonds is 9. The largest absolute Gasteiger partial charge is 0.352 e. The van der Waals surface area contributed by atoms with E-state index in [4.69, 9.17) is 4.98 Å². The number of hydrogen-bond donors (Lipinski definition) is 1. The lowest BCUT2D eigenvalue weighted by Gasteiger charge is -2.18. The molecule has 0 atom stereocenters. The Morgan fingerprint density at radius 1 is 1.28 bits per heavy atom. The third-order valence-electron chi connectivity index (χ3n) is 6.04. The van der Waals surface area contributed by atoms with Gasteiger partial charge in [-0.1, -0.05) is 25.6 Å². The number of thioether (sulfide) groups is 1. The van der Waals surface area contributed by atoms with E-state index < -0.39 is 0 Å². The molecule has 2 amide bonds. The van der Waals surface area contributed by atoms with Crippen LogP contribution in [0.2, 0.25) is 0 Å². The number of nitrogens with one attached hydrogen (secondary N) is 1. The van der Waals surface area contributed by atoms with Crippen LogP contribution in [0.1, 0.15) is 56.4 Å². The summed E-state index contributed by atoms with van der Waals surface area (Å²) in [6.07, 6.45) is 7.18. The van der Waals surface area contributed by atoms with Crippen LogP contribution in [0.3, 0.4) is 0 Å². The summed E-state index contributed by atoms with van der Waals surface area (Å²) in [6, 6.07) is 0.281. The lowest BCUT2D eigenvalue weighted by atomic mass is 9.97. The minimum Gasteiger partial charge on any atom is -0.352 e.